The molecule has 1 saturated carbocycles. The van der Waals surface area contributed by atoms with Crippen molar-refractivity contribution in [2.24, 2.45) is 5.92 Å². The molecular weight excluding hydrogens is 156 g/mol. The van der Waals surface area contributed by atoms with Crippen molar-refractivity contribution in [2.75, 3.05) is 0 Å². The summed E-state index contributed by atoms with van der Waals surface area (Å²) in [5.41, 5.74) is 0. The fourth-order valence-corrected chi connectivity index (χ4v) is 1.37. The molecule has 3 nitrogen and oxygen atoms in total. The first kappa shape index (κ1) is 11.0. The van der Waals surface area contributed by atoms with E-state index in [1.807, 2.05) is 0 Å². The summed E-state index contributed by atoms with van der Waals surface area (Å²) in [6.45, 7) is 3.78. The van der Waals surface area contributed by atoms with E-state index in [9.17, 15) is 0 Å². The zero-order valence-electron chi connectivity index (χ0n) is 7.20. The van der Waals surface area contributed by atoms with Crippen molar-refractivity contribution in [1.82, 2.24) is 0 Å². The second-order valence-corrected chi connectivity index (χ2v) is 2.92. The van der Waals surface area contributed by atoms with Gasteiger partial charge in [0.25, 0.3) is 0 Å². The summed E-state index contributed by atoms with van der Waals surface area (Å²) in [4.78, 5) is 8.56. The summed E-state index contributed by atoms with van der Waals surface area (Å²) in [6, 6.07) is 0. The van der Waals surface area contributed by atoms with Crippen LogP contribution in [0.5, 0.6) is 0 Å². The molecule has 0 aromatic carbocycles. The molecule has 1 fully saturated rings. The first-order valence-electron chi connectivity index (χ1n) is 4.21. The molecule has 0 atom stereocenters. The molecule has 0 heterocycles. The Balaban J connectivity index is 0.000000261. The minimum absolute atomic E-state index is 0.851. The predicted octanol–water partition coefficient (Wildman–Crippen LogP) is 2.98. The van der Waals surface area contributed by atoms with Gasteiger partial charge < -0.3 is 10.2 Å². The molecule has 1 rings (SSSR count). The number of allylic oxidation sites excluding steroid dienone is 1. The number of carbonyl (C=O) groups is 1. The second kappa shape index (κ2) is 6.70. The van der Waals surface area contributed by atoms with Crippen LogP contribution in [0.4, 0.5) is 4.79 Å². The van der Waals surface area contributed by atoms with E-state index < -0.39 is 6.16 Å². The van der Waals surface area contributed by atoms with Crippen molar-refractivity contribution in [3.8, 4) is 0 Å². The Morgan fingerprint density at radius 1 is 1.25 bits per heavy atom. The zero-order valence-corrected chi connectivity index (χ0v) is 7.20. The van der Waals surface area contributed by atoms with Crippen LogP contribution in [-0.4, -0.2) is 16.4 Å². The highest BCUT2D eigenvalue weighted by Crippen LogP contribution is 2.23. The maximum absolute atomic E-state index is 8.56. The van der Waals surface area contributed by atoms with Crippen LogP contribution in [0, 0.1) is 5.92 Å². The van der Waals surface area contributed by atoms with Gasteiger partial charge >= 0.3 is 6.16 Å². The molecule has 70 valence electrons. The molecule has 0 unspecified atom stereocenters. The summed E-state index contributed by atoms with van der Waals surface area (Å²) in [5.74, 6) is 0.851. The van der Waals surface area contributed by atoms with E-state index in [1.165, 1.54) is 32.1 Å². The molecule has 0 bridgehead atoms. The fourth-order valence-electron chi connectivity index (χ4n) is 1.37. The first-order chi connectivity index (χ1) is 5.66. The third kappa shape index (κ3) is 7.12. The van der Waals surface area contributed by atoms with Crippen LogP contribution in [0.25, 0.3) is 0 Å². The van der Waals surface area contributed by atoms with Gasteiger partial charge in [0, 0.05) is 0 Å². The number of rotatable bonds is 1. The van der Waals surface area contributed by atoms with Crippen LogP contribution in [0.2, 0.25) is 0 Å². The molecule has 3 heteroatoms. The molecule has 0 aromatic rings. The second-order valence-electron chi connectivity index (χ2n) is 2.92. The normalized spacial score (nSPS) is 17.3. The molecule has 0 aliphatic heterocycles. The van der Waals surface area contributed by atoms with Gasteiger partial charge in [0.2, 0.25) is 0 Å². The fraction of sp³-hybridized carbons (Fsp3) is 0.667. The van der Waals surface area contributed by atoms with Crippen molar-refractivity contribution in [1.29, 1.82) is 0 Å². The quantitative estimate of drug-likeness (QED) is 0.598. The minimum atomic E-state index is -1.83. The van der Waals surface area contributed by atoms with Crippen molar-refractivity contribution >= 4 is 6.16 Å². The topological polar surface area (TPSA) is 57.5 Å². The number of hydrogen-bond donors (Lipinski definition) is 2. The maximum Gasteiger partial charge on any atom is 0.503 e. The molecule has 2 N–H and O–H groups in total. The largest absolute Gasteiger partial charge is 0.503 e. The lowest BCUT2D eigenvalue weighted by Gasteiger charge is -2.16. The first-order valence-corrected chi connectivity index (χ1v) is 4.21. The Hall–Kier alpha value is -0.990. The number of carboxylic acid groups (broad SMARTS) is 2. The minimum Gasteiger partial charge on any atom is -0.450 e. The van der Waals surface area contributed by atoms with E-state index in [2.05, 4.69) is 12.7 Å². The Bertz CT molecular complexity index is 133. The van der Waals surface area contributed by atoms with Crippen LogP contribution < -0.4 is 0 Å². The molecule has 0 spiro atoms. The highest BCUT2D eigenvalue weighted by molar-refractivity contribution is 5.53. The smallest absolute Gasteiger partial charge is 0.450 e. The van der Waals surface area contributed by atoms with Gasteiger partial charge in [-0.1, -0.05) is 25.3 Å². The van der Waals surface area contributed by atoms with E-state index >= 15 is 0 Å². The van der Waals surface area contributed by atoms with Gasteiger partial charge in [0.05, 0.1) is 0 Å². The predicted molar refractivity (Wildman–Crippen MR) is 47.4 cm³/mol. The maximum atomic E-state index is 8.56. The van der Waals surface area contributed by atoms with E-state index in [-0.39, 0.29) is 0 Å². The van der Waals surface area contributed by atoms with Gasteiger partial charge in [-0.25, -0.2) is 4.79 Å². The zero-order chi connectivity index (χ0) is 9.40. The van der Waals surface area contributed by atoms with E-state index in [4.69, 9.17) is 15.0 Å². The summed E-state index contributed by atoms with van der Waals surface area (Å²) >= 11 is 0. The van der Waals surface area contributed by atoms with Gasteiger partial charge in [-0.2, -0.15) is 0 Å². The van der Waals surface area contributed by atoms with Crippen LogP contribution in [0.15, 0.2) is 12.7 Å². The van der Waals surface area contributed by atoms with Gasteiger partial charge in [0.1, 0.15) is 0 Å². The highest BCUT2D eigenvalue weighted by Gasteiger charge is 2.07. The lowest BCUT2D eigenvalue weighted by atomic mass is 9.90. The Morgan fingerprint density at radius 2 is 1.67 bits per heavy atom. The number of hydrogen-bond acceptors (Lipinski definition) is 1. The summed E-state index contributed by atoms with van der Waals surface area (Å²) in [5, 5.41) is 13.9. The van der Waals surface area contributed by atoms with Crippen molar-refractivity contribution in [3.63, 3.8) is 0 Å². The lowest BCUT2D eigenvalue weighted by Crippen LogP contribution is -2.01. The molecule has 0 radical (unpaired) electrons. The Labute approximate surface area is 72.7 Å². The van der Waals surface area contributed by atoms with Crippen LogP contribution in [-0.2, 0) is 0 Å². The Kier molecular flexibility index (Phi) is 6.15. The van der Waals surface area contributed by atoms with E-state index in [0.717, 1.165) is 5.92 Å². The highest BCUT2D eigenvalue weighted by atomic mass is 16.6. The standard InChI is InChI=1S/C8H14.CH2O3/c1-2-8-6-4-3-5-7-8;2-1(3)4/h2,8H,1,3-7H2;(H2,2,3,4). The van der Waals surface area contributed by atoms with Gasteiger partial charge in [0.15, 0.2) is 0 Å². The molecule has 0 saturated heterocycles. The monoisotopic (exact) mass is 172 g/mol. The SMILES string of the molecule is C=CC1CCCCC1.O=C(O)O. The molecular formula is C9H16O3. The molecule has 0 amide bonds. The third-order valence-corrected chi connectivity index (χ3v) is 1.98. The molecule has 0 aromatic heterocycles. The van der Waals surface area contributed by atoms with Crippen molar-refractivity contribution in [3.05, 3.63) is 12.7 Å². The molecule has 1 aliphatic carbocycles. The van der Waals surface area contributed by atoms with Gasteiger partial charge in [-0.15, -0.1) is 6.58 Å². The van der Waals surface area contributed by atoms with Crippen LogP contribution in [0.3, 0.4) is 0 Å². The van der Waals surface area contributed by atoms with Crippen molar-refractivity contribution < 1.29 is 15.0 Å². The van der Waals surface area contributed by atoms with E-state index in [0.29, 0.717) is 0 Å². The summed E-state index contributed by atoms with van der Waals surface area (Å²) in [6.07, 6.45) is 7.36. The van der Waals surface area contributed by atoms with Gasteiger partial charge in [-0.3, -0.25) is 0 Å². The Morgan fingerprint density at radius 3 is 1.92 bits per heavy atom. The molecule has 1 aliphatic rings. The van der Waals surface area contributed by atoms with Crippen molar-refractivity contribution in [2.45, 2.75) is 32.1 Å². The lowest BCUT2D eigenvalue weighted by molar-refractivity contribution is 0.137. The van der Waals surface area contributed by atoms with E-state index in [1.54, 1.807) is 0 Å². The van der Waals surface area contributed by atoms with Crippen LogP contribution >= 0.6 is 0 Å². The average Bonchev–Trinajstić information content (AvgIpc) is 2.05. The molecule has 12 heavy (non-hydrogen) atoms. The summed E-state index contributed by atoms with van der Waals surface area (Å²) < 4.78 is 0. The van der Waals surface area contributed by atoms with Crippen LogP contribution in [0.1, 0.15) is 32.1 Å². The third-order valence-electron chi connectivity index (χ3n) is 1.98. The average molecular weight is 172 g/mol. The summed E-state index contributed by atoms with van der Waals surface area (Å²) in [7, 11) is 0. The van der Waals surface area contributed by atoms with Gasteiger partial charge in [-0.05, 0) is 18.8 Å².